The number of halogens is 1. The van der Waals surface area contributed by atoms with Gasteiger partial charge in [-0.15, -0.1) is 5.10 Å². The fraction of sp³-hybridized carbons (Fsp3) is 0.333. The van der Waals surface area contributed by atoms with Gasteiger partial charge in [0.15, 0.2) is 5.69 Å². The van der Waals surface area contributed by atoms with Crippen LogP contribution in [0.25, 0.3) is 5.69 Å². The topological polar surface area (TPSA) is 99.9 Å². The maximum Gasteiger partial charge on any atom is 0.296 e. The van der Waals surface area contributed by atoms with Crippen LogP contribution in [0, 0.1) is 17.0 Å². The predicted molar refractivity (Wildman–Crippen MR) is 77.7 cm³/mol. The van der Waals surface area contributed by atoms with Crippen LogP contribution >= 0.6 is 15.9 Å². The lowest BCUT2D eigenvalue weighted by atomic mass is 10.2. The molecule has 0 spiro atoms. The van der Waals surface area contributed by atoms with Crippen LogP contribution < -0.4 is 5.73 Å². The smallest absolute Gasteiger partial charge is 0.296 e. The molecule has 0 bridgehead atoms. The van der Waals surface area contributed by atoms with Gasteiger partial charge in [-0.05, 0) is 40.9 Å². The molecule has 7 nitrogen and oxygen atoms in total. The van der Waals surface area contributed by atoms with Crippen molar-refractivity contribution in [3.63, 3.8) is 0 Å². The van der Waals surface area contributed by atoms with Gasteiger partial charge in [0, 0.05) is 6.07 Å². The van der Waals surface area contributed by atoms with Crippen molar-refractivity contribution in [1.29, 1.82) is 0 Å². The minimum atomic E-state index is -0.436. The first-order valence-corrected chi connectivity index (χ1v) is 6.86. The molecule has 0 aliphatic rings. The van der Waals surface area contributed by atoms with Crippen LogP contribution in [0.4, 0.5) is 5.69 Å². The molecular formula is C12H14BrN5O2. The Morgan fingerprint density at radius 2 is 2.25 bits per heavy atom. The molecule has 1 aromatic carbocycles. The Morgan fingerprint density at radius 1 is 1.55 bits per heavy atom. The van der Waals surface area contributed by atoms with Crippen molar-refractivity contribution >= 4 is 21.6 Å². The maximum atomic E-state index is 11.2. The van der Waals surface area contributed by atoms with Gasteiger partial charge in [0.25, 0.3) is 5.69 Å². The van der Waals surface area contributed by atoms with Crippen LogP contribution in [0.5, 0.6) is 0 Å². The molecule has 0 fully saturated rings. The van der Waals surface area contributed by atoms with Gasteiger partial charge in [0.05, 0.1) is 27.3 Å². The monoisotopic (exact) mass is 339 g/mol. The summed E-state index contributed by atoms with van der Waals surface area (Å²) < 4.78 is 1.97. The molecule has 0 radical (unpaired) electrons. The lowest BCUT2D eigenvalue weighted by molar-refractivity contribution is -0.384. The van der Waals surface area contributed by atoms with Crippen molar-refractivity contribution in [2.75, 3.05) is 0 Å². The highest BCUT2D eigenvalue weighted by Crippen LogP contribution is 2.32. The molecule has 0 aliphatic heterocycles. The molecule has 2 N–H and O–H groups in total. The van der Waals surface area contributed by atoms with Gasteiger partial charge in [-0.3, -0.25) is 10.1 Å². The summed E-state index contributed by atoms with van der Waals surface area (Å²) in [4.78, 5) is 10.8. The van der Waals surface area contributed by atoms with Gasteiger partial charge in [-0.1, -0.05) is 12.1 Å². The number of aromatic nitrogens is 3. The highest BCUT2D eigenvalue weighted by Gasteiger charge is 2.21. The molecule has 1 aromatic heterocycles. The van der Waals surface area contributed by atoms with E-state index in [9.17, 15) is 10.1 Å². The summed E-state index contributed by atoms with van der Waals surface area (Å²) in [6.45, 7) is 3.73. The summed E-state index contributed by atoms with van der Waals surface area (Å²) in [5.41, 5.74) is 7.60. The molecule has 0 amide bonds. The van der Waals surface area contributed by atoms with Crippen molar-refractivity contribution in [3.05, 3.63) is 44.2 Å². The Bertz CT molecular complexity index is 655. The zero-order valence-electron chi connectivity index (χ0n) is 11.1. The van der Waals surface area contributed by atoms with Crippen LogP contribution in [0.15, 0.2) is 22.8 Å². The number of nitro groups is 1. The molecule has 1 unspecified atom stereocenters. The van der Waals surface area contributed by atoms with Crippen molar-refractivity contribution in [2.24, 2.45) is 5.73 Å². The number of hydrogen-bond acceptors (Lipinski definition) is 5. The fourth-order valence-corrected chi connectivity index (χ4v) is 2.59. The normalized spacial score (nSPS) is 12.4. The highest BCUT2D eigenvalue weighted by atomic mass is 79.9. The molecule has 2 rings (SSSR count). The van der Waals surface area contributed by atoms with E-state index in [1.165, 1.54) is 10.7 Å². The zero-order chi connectivity index (χ0) is 14.9. The van der Waals surface area contributed by atoms with Crippen molar-refractivity contribution < 1.29 is 4.92 Å². The summed E-state index contributed by atoms with van der Waals surface area (Å²) in [5.74, 6) is 0. The zero-order valence-corrected chi connectivity index (χ0v) is 12.7. The summed E-state index contributed by atoms with van der Waals surface area (Å²) in [7, 11) is 0. The molecule has 1 heterocycles. The van der Waals surface area contributed by atoms with Crippen molar-refractivity contribution in [2.45, 2.75) is 26.3 Å². The number of nitrogens with zero attached hydrogens (tertiary/aromatic N) is 4. The molecular weight excluding hydrogens is 326 g/mol. The van der Waals surface area contributed by atoms with E-state index in [1.54, 1.807) is 19.2 Å². The number of aryl methyl sites for hydroxylation is 1. The Balaban J connectivity index is 2.57. The van der Waals surface area contributed by atoms with E-state index in [0.29, 0.717) is 15.9 Å². The van der Waals surface area contributed by atoms with E-state index < -0.39 is 4.92 Å². The van der Waals surface area contributed by atoms with Gasteiger partial charge in [0.2, 0.25) is 0 Å². The predicted octanol–water partition coefficient (Wildman–Crippen LogP) is 2.66. The Hall–Kier alpha value is -1.80. The number of benzene rings is 1. The Labute approximate surface area is 124 Å². The van der Waals surface area contributed by atoms with E-state index in [-0.39, 0.29) is 11.7 Å². The SMILES string of the molecule is CCC(N)c1cn(-c2c(Br)cc(C)cc2[N+](=O)[O-])nn1. The largest absolute Gasteiger partial charge is 0.323 e. The van der Waals surface area contributed by atoms with E-state index in [4.69, 9.17) is 5.73 Å². The number of rotatable bonds is 4. The standard InChI is InChI=1S/C12H14BrN5O2/c1-3-9(14)10-6-17(16-15-10)12-8(13)4-7(2)5-11(12)18(19)20/h4-6,9H,3,14H2,1-2H3. The number of hydrogen-bond donors (Lipinski definition) is 1. The molecule has 0 saturated heterocycles. The first kappa shape index (κ1) is 14.6. The van der Waals surface area contributed by atoms with Crippen LogP contribution in [0.2, 0.25) is 0 Å². The fourth-order valence-electron chi connectivity index (χ4n) is 1.85. The first-order chi connectivity index (χ1) is 9.43. The van der Waals surface area contributed by atoms with E-state index in [0.717, 1.165) is 12.0 Å². The third-order valence-corrected chi connectivity index (χ3v) is 3.55. The maximum absolute atomic E-state index is 11.2. The molecule has 0 aliphatic carbocycles. The third-order valence-electron chi connectivity index (χ3n) is 2.94. The van der Waals surface area contributed by atoms with Crippen molar-refractivity contribution in [1.82, 2.24) is 15.0 Å². The molecule has 1 atom stereocenters. The molecule has 106 valence electrons. The van der Waals surface area contributed by atoms with Gasteiger partial charge < -0.3 is 5.73 Å². The lowest BCUT2D eigenvalue weighted by Crippen LogP contribution is -2.08. The average molecular weight is 340 g/mol. The van der Waals surface area contributed by atoms with Gasteiger partial charge in [-0.25, -0.2) is 4.68 Å². The second-order valence-corrected chi connectivity index (χ2v) is 5.33. The van der Waals surface area contributed by atoms with E-state index in [1.807, 2.05) is 6.92 Å². The molecule has 20 heavy (non-hydrogen) atoms. The summed E-state index contributed by atoms with van der Waals surface area (Å²) in [6.07, 6.45) is 2.34. The second-order valence-electron chi connectivity index (χ2n) is 4.47. The van der Waals surface area contributed by atoms with Crippen LogP contribution in [-0.2, 0) is 0 Å². The lowest BCUT2D eigenvalue weighted by Gasteiger charge is -2.06. The van der Waals surface area contributed by atoms with Crippen LogP contribution in [0.1, 0.15) is 30.6 Å². The van der Waals surface area contributed by atoms with Gasteiger partial charge in [-0.2, -0.15) is 0 Å². The third kappa shape index (κ3) is 2.70. The minimum absolute atomic E-state index is 0.0293. The first-order valence-electron chi connectivity index (χ1n) is 6.06. The van der Waals surface area contributed by atoms with Crippen LogP contribution in [-0.4, -0.2) is 19.9 Å². The van der Waals surface area contributed by atoms with Crippen molar-refractivity contribution in [3.8, 4) is 5.69 Å². The second kappa shape index (κ2) is 5.68. The quantitative estimate of drug-likeness (QED) is 0.681. The van der Waals surface area contributed by atoms with Crippen LogP contribution in [0.3, 0.4) is 0 Å². The average Bonchev–Trinajstić information content (AvgIpc) is 2.86. The molecule has 8 heteroatoms. The summed E-state index contributed by atoms with van der Waals surface area (Å²) in [6, 6.07) is 3.07. The van der Waals surface area contributed by atoms with Gasteiger partial charge in [0.1, 0.15) is 0 Å². The molecule has 0 saturated carbocycles. The Morgan fingerprint density at radius 3 is 2.85 bits per heavy atom. The van der Waals surface area contributed by atoms with E-state index in [2.05, 4.69) is 26.2 Å². The summed E-state index contributed by atoms with van der Waals surface area (Å²) in [5, 5.41) is 19.1. The number of nitro benzene ring substituents is 1. The Kier molecular flexibility index (Phi) is 4.15. The molecule has 2 aromatic rings. The van der Waals surface area contributed by atoms with Gasteiger partial charge >= 0.3 is 0 Å². The van der Waals surface area contributed by atoms with E-state index >= 15 is 0 Å². The number of nitrogens with two attached hydrogens (primary N) is 1. The summed E-state index contributed by atoms with van der Waals surface area (Å²) >= 11 is 3.34. The highest BCUT2D eigenvalue weighted by molar-refractivity contribution is 9.10. The minimum Gasteiger partial charge on any atom is -0.323 e.